The number of likely N-dealkylation sites (tertiary alicyclic amines) is 1. The highest BCUT2D eigenvalue weighted by Crippen LogP contribution is 2.24. The fourth-order valence-electron chi connectivity index (χ4n) is 1.67. The number of thiazole rings is 1. The fraction of sp³-hybridized carbons (Fsp3) is 0.667. The maximum Gasteiger partial charge on any atom is 0.107 e. The average Bonchev–Trinajstić information content (AvgIpc) is 2.64. The molecule has 2 heterocycles. The maximum absolute atomic E-state index is 4.29. The predicted molar refractivity (Wildman–Crippen MR) is 59.3 cm³/mol. The van der Waals surface area contributed by atoms with Crippen LogP contribution < -0.4 is 0 Å². The van der Waals surface area contributed by atoms with Gasteiger partial charge in [0, 0.05) is 29.5 Å². The summed E-state index contributed by atoms with van der Waals surface area (Å²) < 4.78 is 0. The van der Waals surface area contributed by atoms with Gasteiger partial charge >= 0.3 is 0 Å². The Labute approximate surface area is 91.1 Å². The molecule has 4 heteroatoms. The number of hydrogen-bond donors (Lipinski definition) is 0. The van der Waals surface area contributed by atoms with Gasteiger partial charge in [-0.25, -0.2) is 4.98 Å². The molecule has 1 fully saturated rings. The van der Waals surface area contributed by atoms with Crippen LogP contribution in [0.2, 0.25) is 0 Å². The molecule has 0 aromatic carbocycles. The smallest absolute Gasteiger partial charge is 0.107 e. The van der Waals surface area contributed by atoms with Crippen LogP contribution in [-0.2, 0) is 6.54 Å². The number of rotatable bonds is 2. The van der Waals surface area contributed by atoms with Gasteiger partial charge in [-0.15, -0.1) is 11.3 Å². The number of aromatic nitrogens is 1. The Bertz CT molecular complexity index is 253. The van der Waals surface area contributed by atoms with E-state index in [1.165, 1.54) is 11.6 Å². The van der Waals surface area contributed by atoms with Crippen molar-refractivity contribution in [2.75, 3.05) is 13.1 Å². The van der Waals surface area contributed by atoms with Crippen molar-refractivity contribution in [3.63, 3.8) is 0 Å². The molecule has 1 aromatic heterocycles. The van der Waals surface area contributed by atoms with Crippen molar-refractivity contribution in [1.29, 1.82) is 0 Å². The number of hydrogen-bond acceptors (Lipinski definition) is 3. The van der Waals surface area contributed by atoms with Crippen LogP contribution in [0, 0.1) is 5.92 Å². The van der Waals surface area contributed by atoms with Crippen molar-refractivity contribution in [2.45, 2.75) is 18.3 Å². The van der Waals surface area contributed by atoms with Crippen LogP contribution in [0.3, 0.4) is 0 Å². The summed E-state index contributed by atoms with van der Waals surface area (Å²) in [6, 6.07) is 0. The molecule has 1 aliphatic rings. The quantitative estimate of drug-likeness (QED) is 0.760. The Balaban J connectivity index is 1.91. The maximum atomic E-state index is 4.29. The van der Waals surface area contributed by atoms with E-state index < -0.39 is 0 Å². The third-order valence-electron chi connectivity index (χ3n) is 2.44. The Morgan fingerprint density at radius 2 is 2.54 bits per heavy atom. The molecule has 13 heavy (non-hydrogen) atoms. The lowest BCUT2D eigenvalue weighted by molar-refractivity contribution is 0.320. The van der Waals surface area contributed by atoms with Crippen LogP contribution in [-0.4, -0.2) is 27.8 Å². The Kier molecular flexibility index (Phi) is 3.01. The molecular formula is C9H13BrN2S. The lowest BCUT2D eigenvalue weighted by atomic mass is 10.2. The van der Waals surface area contributed by atoms with Crippen LogP contribution >= 0.6 is 27.3 Å². The van der Waals surface area contributed by atoms with Crippen LogP contribution in [0.4, 0.5) is 0 Å². The SMILES string of the molecule is CC1CN(Cc2nccs2)CC1Br. The van der Waals surface area contributed by atoms with E-state index in [0.29, 0.717) is 4.83 Å². The van der Waals surface area contributed by atoms with Crippen LogP contribution in [0.1, 0.15) is 11.9 Å². The summed E-state index contributed by atoms with van der Waals surface area (Å²) in [5, 5.41) is 3.27. The third kappa shape index (κ3) is 2.30. The molecule has 0 bridgehead atoms. The molecule has 0 radical (unpaired) electrons. The molecule has 2 atom stereocenters. The summed E-state index contributed by atoms with van der Waals surface area (Å²) in [5.74, 6) is 0.764. The van der Waals surface area contributed by atoms with Gasteiger partial charge in [-0.05, 0) is 5.92 Å². The molecule has 1 aliphatic heterocycles. The van der Waals surface area contributed by atoms with E-state index >= 15 is 0 Å². The molecule has 2 nitrogen and oxygen atoms in total. The van der Waals surface area contributed by atoms with E-state index in [1.54, 1.807) is 11.3 Å². The molecule has 0 saturated carbocycles. The topological polar surface area (TPSA) is 16.1 Å². The summed E-state index contributed by atoms with van der Waals surface area (Å²) in [6.45, 7) is 5.65. The lowest BCUT2D eigenvalue weighted by Crippen LogP contribution is -2.20. The van der Waals surface area contributed by atoms with Gasteiger partial charge in [-0.3, -0.25) is 4.90 Å². The minimum absolute atomic E-state index is 0.660. The lowest BCUT2D eigenvalue weighted by Gasteiger charge is -2.12. The Hall–Kier alpha value is 0.0700. The molecule has 0 spiro atoms. The molecular weight excluding hydrogens is 248 g/mol. The van der Waals surface area contributed by atoms with E-state index in [2.05, 4.69) is 32.7 Å². The number of alkyl halides is 1. The first-order valence-corrected chi connectivity index (χ1v) is 6.30. The van der Waals surface area contributed by atoms with Crippen molar-refractivity contribution in [3.05, 3.63) is 16.6 Å². The van der Waals surface area contributed by atoms with E-state index in [9.17, 15) is 0 Å². The first kappa shape index (κ1) is 9.62. The molecule has 1 aromatic rings. The monoisotopic (exact) mass is 260 g/mol. The second-order valence-electron chi connectivity index (χ2n) is 3.61. The summed E-state index contributed by atoms with van der Waals surface area (Å²) >= 11 is 5.43. The molecule has 1 saturated heterocycles. The first-order valence-electron chi connectivity index (χ1n) is 4.50. The number of nitrogens with zero attached hydrogens (tertiary/aromatic N) is 2. The standard InChI is InChI=1S/C9H13BrN2S/c1-7-4-12(5-8(7)10)6-9-11-2-3-13-9/h2-3,7-8H,4-6H2,1H3. The van der Waals surface area contributed by atoms with E-state index in [4.69, 9.17) is 0 Å². The normalized spacial score (nSPS) is 29.7. The molecule has 2 unspecified atom stereocenters. The van der Waals surface area contributed by atoms with Gasteiger partial charge in [0.25, 0.3) is 0 Å². The molecule has 72 valence electrons. The van der Waals surface area contributed by atoms with Gasteiger partial charge in [0.2, 0.25) is 0 Å². The Morgan fingerprint density at radius 1 is 1.69 bits per heavy atom. The minimum atomic E-state index is 0.660. The van der Waals surface area contributed by atoms with Gasteiger partial charge in [0.1, 0.15) is 5.01 Å². The highest BCUT2D eigenvalue weighted by Gasteiger charge is 2.27. The molecule has 0 aliphatic carbocycles. The zero-order valence-corrected chi connectivity index (χ0v) is 10.0. The second kappa shape index (κ2) is 4.07. The molecule has 2 rings (SSSR count). The fourth-order valence-corrected chi connectivity index (χ4v) is 2.91. The predicted octanol–water partition coefficient (Wildman–Crippen LogP) is 2.36. The van der Waals surface area contributed by atoms with Gasteiger partial charge in [-0.2, -0.15) is 0 Å². The van der Waals surface area contributed by atoms with Crippen molar-refractivity contribution >= 4 is 27.3 Å². The average molecular weight is 261 g/mol. The number of halogens is 1. The van der Waals surface area contributed by atoms with Crippen molar-refractivity contribution in [1.82, 2.24) is 9.88 Å². The summed E-state index contributed by atoms with van der Waals surface area (Å²) in [6.07, 6.45) is 1.88. The third-order valence-corrected chi connectivity index (χ3v) is 4.40. The minimum Gasteiger partial charge on any atom is -0.295 e. The zero-order chi connectivity index (χ0) is 9.26. The highest BCUT2D eigenvalue weighted by atomic mass is 79.9. The molecule has 0 N–H and O–H groups in total. The summed E-state index contributed by atoms with van der Waals surface area (Å²) in [7, 11) is 0. The van der Waals surface area contributed by atoms with E-state index in [0.717, 1.165) is 19.0 Å². The first-order chi connectivity index (χ1) is 6.25. The van der Waals surface area contributed by atoms with E-state index in [1.807, 2.05) is 11.6 Å². The summed E-state index contributed by atoms with van der Waals surface area (Å²) in [4.78, 5) is 7.41. The zero-order valence-electron chi connectivity index (χ0n) is 7.61. The van der Waals surface area contributed by atoms with Crippen LogP contribution in [0.25, 0.3) is 0 Å². The summed E-state index contributed by atoms with van der Waals surface area (Å²) in [5.41, 5.74) is 0. The van der Waals surface area contributed by atoms with Gasteiger partial charge < -0.3 is 0 Å². The van der Waals surface area contributed by atoms with Gasteiger partial charge in [-0.1, -0.05) is 22.9 Å². The highest BCUT2D eigenvalue weighted by molar-refractivity contribution is 9.09. The van der Waals surface area contributed by atoms with E-state index in [-0.39, 0.29) is 0 Å². The van der Waals surface area contributed by atoms with Crippen LogP contribution in [0.5, 0.6) is 0 Å². The largest absolute Gasteiger partial charge is 0.295 e. The second-order valence-corrected chi connectivity index (χ2v) is 5.77. The van der Waals surface area contributed by atoms with Crippen molar-refractivity contribution < 1.29 is 0 Å². The Morgan fingerprint density at radius 3 is 3.08 bits per heavy atom. The van der Waals surface area contributed by atoms with Gasteiger partial charge in [0.15, 0.2) is 0 Å². The van der Waals surface area contributed by atoms with Crippen molar-refractivity contribution in [3.8, 4) is 0 Å². The van der Waals surface area contributed by atoms with Crippen molar-refractivity contribution in [2.24, 2.45) is 5.92 Å². The van der Waals surface area contributed by atoms with Gasteiger partial charge in [0.05, 0.1) is 6.54 Å². The van der Waals surface area contributed by atoms with Crippen LogP contribution in [0.15, 0.2) is 11.6 Å². The molecule has 0 amide bonds.